The summed E-state index contributed by atoms with van der Waals surface area (Å²) < 4.78 is 0. The van der Waals surface area contributed by atoms with Crippen LogP contribution in [0.4, 0.5) is 4.79 Å². The first-order chi connectivity index (χ1) is 8.60. The molecule has 1 atom stereocenters. The van der Waals surface area contributed by atoms with E-state index in [-0.39, 0.29) is 12.1 Å². The molecule has 1 saturated carbocycles. The van der Waals surface area contributed by atoms with Crippen molar-refractivity contribution in [2.24, 2.45) is 0 Å². The molecule has 0 aromatic carbocycles. The van der Waals surface area contributed by atoms with E-state index >= 15 is 0 Å². The molecular formula is C13H22N2O3. The molecule has 18 heavy (non-hydrogen) atoms. The molecule has 0 aromatic rings. The third kappa shape index (κ3) is 4.39. The number of nitrogens with one attached hydrogen (secondary N) is 1. The summed E-state index contributed by atoms with van der Waals surface area (Å²) >= 11 is 0. The van der Waals surface area contributed by atoms with E-state index in [1.54, 1.807) is 11.0 Å². The molecule has 5 nitrogen and oxygen atoms in total. The maximum atomic E-state index is 12.0. The van der Waals surface area contributed by atoms with E-state index in [0.29, 0.717) is 13.0 Å². The van der Waals surface area contributed by atoms with Gasteiger partial charge < -0.3 is 15.3 Å². The summed E-state index contributed by atoms with van der Waals surface area (Å²) in [5, 5.41) is 11.7. The van der Waals surface area contributed by atoms with Crippen LogP contribution in [-0.2, 0) is 4.79 Å². The lowest BCUT2D eigenvalue weighted by Gasteiger charge is -2.23. The lowest BCUT2D eigenvalue weighted by Crippen LogP contribution is -2.48. The Balaban J connectivity index is 2.52. The predicted octanol–water partition coefficient (Wildman–Crippen LogP) is 1.99. The third-order valence-electron chi connectivity index (χ3n) is 3.02. The maximum absolute atomic E-state index is 12.0. The number of unbranched alkanes of at least 4 members (excludes halogenated alkanes) is 1. The molecule has 0 unspecified atom stereocenters. The van der Waals surface area contributed by atoms with Gasteiger partial charge in [-0.2, -0.15) is 0 Å². The number of nitrogens with zero attached hydrogens (tertiary/aromatic N) is 1. The lowest BCUT2D eigenvalue weighted by molar-refractivity contribution is -0.139. The van der Waals surface area contributed by atoms with Crippen LogP contribution in [0.3, 0.4) is 0 Å². The Hall–Kier alpha value is -1.52. The van der Waals surface area contributed by atoms with Crippen molar-refractivity contribution in [1.29, 1.82) is 0 Å². The summed E-state index contributed by atoms with van der Waals surface area (Å²) in [6, 6.07) is -0.826. The van der Waals surface area contributed by atoms with Crippen molar-refractivity contribution in [3.8, 4) is 0 Å². The molecule has 5 heteroatoms. The molecule has 0 saturated heterocycles. The van der Waals surface area contributed by atoms with Gasteiger partial charge in [0, 0.05) is 12.6 Å². The van der Waals surface area contributed by atoms with Gasteiger partial charge in [-0.3, -0.25) is 0 Å². The van der Waals surface area contributed by atoms with Gasteiger partial charge >= 0.3 is 12.0 Å². The molecule has 0 heterocycles. The Morgan fingerprint density at radius 2 is 2.22 bits per heavy atom. The van der Waals surface area contributed by atoms with E-state index in [1.165, 1.54) is 0 Å². The fourth-order valence-corrected chi connectivity index (χ4v) is 1.82. The molecule has 2 N–H and O–H groups in total. The first-order valence-electron chi connectivity index (χ1n) is 6.51. The first kappa shape index (κ1) is 14.5. The minimum Gasteiger partial charge on any atom is -0.480 e. The van der Waals surface area contributed by atoms with Crippen molar-refractivity contribution in [2.45, 2.75) is 51.1 Å². The number of carbonyl (C=O) groups is 2. The minimum absolute atomic E-state index is 0.253. The number of hydrogen-bond donors (Lipinski definition) is 2. The normalized spacial score (nSPS) is 15.8. The summed E-state index contributed by atoms with van der Waals surface area (Å²) in [4.78, 5) is 24.7. The van der Waals surface area contributed by atoms with E-state index in [1.807, 2.05) is 6.92 Å². The van der Waals surface area contributed by atoms with Crippen molar-refractivity contribution in [3.05, 3.63) is 12.7 Å². The summed E-state index contributed by atoms with van der Waals surface area (Å²) in [7, 11) is 0. The molecule has 2 amide bonds. The number of amides is 2. The zero-order chi connectivity index (χ0) is 13.5. The molecule has 0 bridgehead atoms. The molecule has 0 aliphatic heterocycles. The zero-order valence-corrected chi connectivity index (χ0v) is 10.9. The van der Waals surface area contributed by atoms with Crippen LogP contribution in [0.2, 0.25) is 0 Å². The van der Waals surface area contributed by atoms with Crippen LogP contribution in [0.15, 0.2) is 12.7 Å². The van der Waals surface area contributed by atoms with Crippen molar-refractivity contribution in [3.63, 3.8) is 0 Å². The predicted molar refractivity (Wildman–Crippen MR) is 69.4 cm³/mol. The van der Waals surface area contributed by atoms with Crippen molar-refractivity contribution < 1.29 is 14.7 Å². The van der Waals surface area contributed by atoms with Gasteiger partial charge in [-0.15, -0.1) is 6.58 Å². The van der Waals surface area contributed by atoms with Gasteiger partial charge in [0.1, 0.15) is 6.04 Å². The van der Waals surface area contributed by atoms with Crippen LogP contribution in [0.5, 0.6) is 0 Å². The third-order valence-corrected chi connectivity index (χ3v) is 3.02. The molecule has 1 aliphatic rings. The highest BCUT2D eigenvalue weighted by Crippen LogP contribution is 2.26. The van der Waals surface area contributed by atoms with E-state index < -0.39 is 12.0 Å². The van der Waals surface area contributed by atoms with Crippen LogP contribution >= 0.6 is 0 Å². The van der Waals surface area contributed by atoms with Gasteiger partial charge in [0.2, 0.25) is 0 Å². The summed E-state index contributed by atoms with van der Waals surface area (Å²) in [6.45, 7) is 6.08. The first-order valence-corrected chi connectivity index (χ1v) is 6.51. The van der Waals surface area contributed by atoms with E-state index in [9.17, 15) is 9.59 Å². The fourth-order valence-electron chi connectivity index (χ4n) is 1.82. The SMILES string of the molecule is C=CCN(C(=O)N[C@@H](CCCC)C(=O)O)C1CC1. The average molecular weight is 254 g/mol. The molecule has 1 fully saturated rings. The van der Waals surface area contributed by atoms with Crippen LogP contribution in [0, 0.1) is 0 Å². The molecule has 0 spiro atoms. The Bertz CT molecular complexity index is 313. The molecule has 1 rings (SSSR count). The van der Waals surface area contributed by atoms with Crippen LogP contribution in [0.1, 0.15) is 39.0 Å². The topological polar surface area (TPSA) is 69.6 Å². The number of carbonyl (C=O) groups excluding carboxylic acids is 1. The number of hydrogen-bond acceptors (Lipinski definition) is 2. The second-order valence-electron chi connectivity index (χ2n) is 4.65. The number of rotatable bonds is 8. The highest BCUT2D eigenvalue weighted by molar-refractivity contribution is 5.82. The van der Waals surface area contributed by atoms with Crippen LogP contribution in [0.25, 0.3) is 0 Å². The molecule has 0 aromatic heterocycles. The Morgan fingerprint density at radius 3 is 2.67 bits per heavy atom. The van der Waals surface area contributed by atoms with Crippen LogP contribution in [-0.4, -0.2) is 40.6 Å². The van der Waals surface area contributed by atoms with E-state index in [0.717, 1.165) is 25.7 Å². The van der Waals surface area contributed by atoms with E-state index in [4.69, 9.17) is 5.11 Å². The second-order valence-corrected chi connectivity index (χ2v) is 4.65. The molecule has 0 radical (unpaired) electrons. The molecule has 1 aliphatic carbocycles. The van der Waals surface area contributed by atoms with Gasteiger partial charge in [-0.1, -0.05) is 25.8 Å². The number of carboxylic acid groups (broad SMARTS) is 1. The summed E-state index contributed by atoms with van der Waals surface area (Å²) in [6.07, 6.45) is 5.84. The molecular weight excluding hydrogens is 232 g/mol. The summed E-state index contributed by atoms with van der Waals surface area (Å²) in [5.74, 6) is -0.967. The Kier molecular flexibility index (Phi) is 5.68. The highest BCUT2D eigenvalue weighted by Gasteiger charge is 2.33. The van der Waals surface area contributed by atoms with E-state index in [2.05, 4.69) is 11.9 Å². The number of aliphatic carboxylic acids is 1. The standard InChI is InChI=1S/C13H22N2O3/c1-3-5-6-11(12(16)17)14-13(18)15(9-4-2)10-7-8-10/h4,10-11H,2-3,5-9H2,1H3,(H,14,18)(H,16,17)/t11-/m0/s1. The molecule has 102 valence electrons. The van der Waals surface area contributed by atoms with Crippen molar-refractivity contribution in [2.75, 3.05) is 6.54 Å². The Morgan fingerprint density at radius 1 is 1.56 bits per heavy atom. The smallest absolute Gasteiger partial charge is 0.326 e. The largest absolute Gasteiger partial charge is 0.480 e. The van der Waals surface area contributed by atoms with Gasteiger partial charge in [0.25, 0.3) is 0 Å². The van der Waals surface area contributed by atoms with Gasteiger partial charge in [0.05, 0.1) is 0 Å². The summed E-state index contributed by atoms with van der Waals surface area (Å²) in [5.41, 5.74) is 0. The fraction of sp³-hybridized carbons (Fsp3) is 0.692. The highest BCUT2D eigenvalue weighted by atomic mass is 16.4. The number of carboxylic acids is 1. The van der Waals surface area contributed by atoms with Crippen molar-refractivity contribution in [1.82, 2.24) is 10.2 Å². The van der Waals surface area contributed by atoms with Gasteiger partial charge in [0.15, 0.2) is 0 Å². The van der Waals surface area contributed by atoms with Gasteiger partial charge in [-0.05, 0) is 19.3 Å². The number of urea groups is 1. The average Bonchev–Trinajstić information content (AvgIpc) is 3.14. The zero-order valence-electron chi connectivity index (χ0n) is 10.9. The lowest BCUT2D eigenvalue weighted by atomic mass is 10.1. The van der Waals surface area contributed by atoms with Crippen molar-refractivity contribution >= 4 is 12.0 Å². The quantitative estimate of drug-likeness (QED) is 0.651. The maximum Gasteiger partial charge on any atom is 0.326 e. The second kappa shape index (κ2) is 7.03. The monoisotopic (exact) mass is 254 g/mol. The Labute approximate surface area is 108 Å². The van der Waals surface area contributed by atoms with Crippen LogP contribution < -0.4 is 5.32 Å². The van der Waals surface area contributed by atoms with Gasteiger partial charge in [-0.25, -0.2) is 9.59 Å². The minimum atomic E-state index is -0.967.